The van der Waals surface area contributed by atoms with Crippen molar-refractivity contribution in [2.24, 2.45) is 0 Å². The minimum atomic E-state index is 0.497. The molecular formula is C68H46N4O2. The first-order chi connectivity index (χ1) is 36.5. The van der Waals surface area contributed by atoms with Crippen LogP contribution in [0.1, 0.15) is 11.1 Å². The van der Waals surface area contributed by atoms with Gasteiger partial charge in [0.25, 0.3) is 0 Å². The third kappa shape index (κ3) is 8.24. The van der Waals surface area contributed by atoms with Crippen LogP contribution in [0.15, 0.2) is 243 Å². The fourth-order valence-electron chi connectivity index (χ4n) is 10.3. The zero-order chi connectivity index (χ0) is 49.5. The Bertz CT molecular complexity index is 3950. The van der Waals surface area contributed by atoms with Crippen molar-refractivity contribution < 1.29 is 9.47 Å². The summed E-state index contributed by atoms with van der Waals surface area (Å²) < 4.78 is 13.0. The van der Waals surface area contributed by atoms with Crippen LogP contribution in [0, 0.1) is 13.8 Å². The van der Waals surface area contributed by atoms with Gasteiger partial charge in [-0.15, -0.1) is 0 Å². The number of ether oxygens (including phenoxy) is 2. The molecule has 6 nitrogen and oxygen atoms in total. The summed E-state index contributed by atoms with van der Waals surface area (Å²) in [6, 6.07) is 83.4. The largest absolute Gasteiger partial charge is 0.439 e. The summed E-state index contributed by atoms with van der Waals surface area (Å²) in [6.07, 6.45) is 0. The van der Waals surface area contributed by atoms with Gasteiger partial charge in [-0.2, -0.15) is 0 Å². The molecule has 0 bridgehead atoms. The van der Waals surface area contributed by atoms with Crippen LogP contribution in [-0.2, 0) is 0 Å². The Balaban J connectivity index is 1.02. The Labute approximate surface area is 428 Å². The maximum absolute atomic E-state index is 6.51. The number of aryl methyl sites for hydroxylation is 2. The fourth-order valence-corrected chi connectivity index (χ4v) is 10.3. The molecule has 350 valence electrons. The molecule has 0 aliphatic carbocycles. The van der Waals surface area contributed by atoms with Gasteiger partial charge >= 0.3 is 0 Å². The van der Waals surface area contributed by atoms with Gasteiger partial charge in [0.1, 0.15) is 22.5 Å². The Morgan fingerprint density at radius 3 is 0.838 bits per heavy atom. The SMILES string of the molecule is Cc1cc(-c2cc(-c3ccccc3)c3ccc4c(-c5ccccc5)cc(Oc5ccccc5)nc4c3n2)c(C)cc1-c1cc(-c2ccccc2)c2ccc3c(-c4ccccc4)cc(Oc4ccccc4)nc3c2n1. The van der Waals surface area contributed by atoms with Crippen molar-refractivity contribution in [2.45, 2.75) is 13.8 Å². The molecule has 0 N–H and O–H groups in total. The van der Waals surface area contributed by atoms with Crippen molar-refractivity contribution in [3.05, 3.63) is 254 Å². The second-order valence-corrected chi connectivity index (χ2v) is 18.6. The highest BCUT2D eigenvalue weighted by atomic mass is 16.5. The Kier molecular flexibility index (Phi) is 11.2. The number of hydrogen-bond donors (Lipinski definition) is 0. The van der Waals surface area contributed by atoms with Crippen LogP contribution in [-0.4, -0.2) is 19.9 Å². The second-order valence-electron chi connectivity index (χ2n) is 18.6. The van der Waals surface area contributed by atoms with Crippen molar-refractivity contribution in [2.75, 3.05) is 0 Å². The van der Waals surface area contributed by atoms with Crippen LogP contribution in [0.25, 0.3) is 111 Å². The highest BCUT2D eigenvalue weighted by Crippen LogP contribution is 2.43. The minimum Gasteiger partial charge on any atom is -0.439 e. The van der Waals surface area contributed by atoms with Crippen LogP contribution in [0.4, 0.5) is 0 Å². The molecule has 0 spiro atoms. The number of benzene rings is 9. The zero-order valence-corrected chi connectivity index (χ0v) is 40.7. The summed E-state index contributed by atoms with van der Waals surface area (Å²) in [6.45, 7) is 4.34. The van der Waals surface area contributed by atoms with E-state index in [1.165, 1.54) is 0 Å². The summed E-state index contributed by atoms with van der Waals surface area (Å²) in [4.78, 5) is 21.7. The van der Waals surface area contributed by atoms with Gasteiger partial charge in [0.05, 0.1) is 22.4 Å². The third-order valence-electron chi connectivity index (χ3n) is 13.9. The first kappa shape index (κ1) is 44.2. The van der Waals surface area contributed by atoms with Crippen LogP contribution < -0.4 is 9.47 Å². The van der Waals surface area contributed by atoms with E-state index in [2.05, 4.69) is 172 Å². The molecule has 9 aromatic carbocycles. The zero-order valence-electron chi connectivity index (χ0n) is 40.7. The van der Waals surface area contributed by atoms with E-state index >= 15 is 0 Å². The number of fused-ring (bicyclic) bond motifs is 6. The molecule has 74 heavy (non-hydrogen) atoms. The van der Waals surface area contributed by atoms with Crippen molar-refractivity contribution in [3.8, 4) is 90.3 Å². The number of aromatic nitrogens is 4. The van der Waals surface area contributed by atoms with Gasteiger partial charge in [-0.05, 0) is 118 Å². The predicted molar refractivity (Wildman–Crippen MR) is 303 cm³/mol. The molecule has 0 fully saturated rings. The summed E-state index contributed by atoms with van der Waals surface area (Å²) in [7, 11) is 0. The number of pyridine rings is 4. The van der Waals surface area contributed by atoms with E-state index in [4.69, 9.17) is 29.4 Å². The molecule has 6 heteroatoms. The van der Waals surface area contributed by atoms with Gasteiger partial charge in [0.15, 0.2) is 0 Å². The lowest BCUT2D eigenvalue weighted by Crippen LogP contribution is -1.99. The van der Waals surface area contributed by atoms with Crippen molar-refractivity contribution in [1.82, 2.24) is 19.9 Å². The maximum atomic E-state index is 6.51. The van der Waals surface area contributed by atoms with Crippen molar-refractivity contribution in [3.63, 3.8) is 0 Å². The topological polar surface area (TPSA) is 70.0 Å². The van der Waals surface area contributed by atoms with Gasteiger partial charge in [0, 0.05) is 44.8 Å². The number of rotatable bonds is 10. The highest BCUT2D eigenvalue weighted by Gasteiger charge is 2.22. The molecule has 0 radical (unpaired) electrons. The van der Waals surface area contributed by atoms with Crippen LogP contribution in [0.2, 0.25) is 0 Å². The average Bonchev–Trinajstić information content (AvgIpc) is 3.46. The second kappa shape index (κ2) is 18.8. The van der Waals surface area contributed by atoms with Gasteiger partial charge in [-0.1, -0.05) is 182 Å². The lowest BCUT2D eigenvalue weighted by atomic mass is 9.91. The molecule has 13 rings (SSSR count). The van der Waals surface area contributed by atoms with Gasteiger partial charge in [0.2, 0.25) is 11.8 Å². The highest BCUT2D eigenvalue weighted by molar-refractivity contribution is 6.14. The van der Waals surface area contributed by atoms with Crippen LogP contribution in [0.3, 0.4) is 0 Å². The fraction of sp³-hybridized carbons (Fsp3) is 0.0294. The molecule has 4 heterocycles. The van der Waals surface area contributed by atoms with Gasteiger partial charge in [-0.25, -0.2) is 19.9 Å². The molecule has 0 atom stereocenters. The van der Waals surface area contributed by atoms with E-state index in [0.29, 0.717) is 23.3 Å². The molecule has 0 aliphatic rings. The standard InChI is InChI=1S/C68H46N4O2/c1-43-37-56(62-40-58(46-23-11-4-12-24-46)52-34-36-54-60(48-27-15-6-16-28-48)42-64(72-68(54)66(52)70-62)74-50-31-19-8-20-32-50)44(2)38-55(43)61-39-57(45-21-9-3-10-22-45)51-33-35-53-59(47-25-13-5-14-26-47)41-63(71-67(53)65(51)69-61)73-49-29-17-7-18-30-49/h3-42H,1-2H3. The normalized spacial score (nSPS) is 11.4. The van der Waals surface area contributed by atoms with E-state index in [1.54, 1.807) is 0 Å². The molecule has 0 aliphatic heterocycles. The average molecular weight is 951 g/mol. The summed E-state index contributed by atoms with van der Waals surface area (Å²) in [5.41, 5.74) is 17.5. The van der Waals surface area contributed by atoms with Crippen molar-refractivity contribution in [1.29, 1.82) is 0 Å². The molecule has 0 saturated carbocycles. The monoisotopic (exact) mass is 950 g/mol. The summed E-state index contributed by atoms with van der Waals surface area (Å²) >= 11 is 0. The molecule has 0 saturated heterocycles. The lowest BCUT2D eigenvalue weighted by Gasteiger charge is -2.18. The predicted octanol–water partition coefficient (Wildman–Crippen LogP) is 18.1. The third-order valence-corrected chi connectivity index (χ3v) is 13.9. The van der Waals surface area contributed by atoms with Gasteiger partial charge in [-0.3, -0.25) is 0 Å². The summed E-state index contributed by atoms with van der Waals surface area (Å²) in [5.74, 6) is 2.42. The maximum Gasteiger partial charge on any atom is 0.220 e. The molecular weight excluding hydrogens is 905 g/mol. The van der Waals surface area contributed by atoms with E-state index in [-0.39, 0.29) is 0 Å². The van der Waals surface area contributed by atoms with Gasteiger partial charge < -0.3 is 9.47 Å². The minimum absolute atomic E-state index is 0.497. The van der Waals surface area contributed by atoms with Crippen LogP contribution >= 0.6 is 0 Å². The Morgan fingerprint density at radius 2 is 0.527 bits per heavy atom. The van der Waals surface area contributed by atoms with E-state index < -0.39 is 0 Å². The molecule has 4 aromatic heterocycles. The lowest BCUT2D eigenvalue weighted by molar-refractivity contribution is 0.465. The Morgan fingerprint density at radius 1 is 0.257 bits per heavy atom. The smallest absolute Gasteiger partial charge is 0.220 e. The van der Waals surface area contributed by atoms with E-state index in [9.17, 15) is 0 Å². The molecule has 0 unspecified atom stereocenters. The first-order valence-electron chi connectivity index (χ1n) is 24.9. The number of para-hydroxylation sites is 2. The number of nitrogens with zero attached hydrogens (tertiary/aromatic N) is 4. The molecule has 0 amide bonds. The Hall–Kier alpha value is -9.78. The van der Waals surface area contributed by atoms with E-state index in [1.807, 2.05) is 84.9 Å². The van der Waals surface area contributed by atoms with E-state index in [0.717, 1.165) is 122 Å². The first-order valence-corrected chi connectivity index (χ1v) is 24.9. The number of hydrogen-bond acceptors (Lipinski definition) is 6. The van der Waals surface area contributed by atoms with Crippen LogP contribution in [0.5, 0.6) is 23.3 Å². The summed E-state index contributed by atoms with van der Waals surface area (Å²) in [5, 5.41) is 3.99. The quantitative estimate of drug-likeness (QED) is 0.127. The molecule has 13 aromatic rings. The van der Waals surface area contributed by atoms with Crippen molar-refractivity contribution >= 4 is 43.6 Å².